The van der Waals surface area contributed by atoms with Crippen LogP contribution >= 0.6 is 23.2 Å². The van der Waals surface area contributed by atoms with Crippen LogP contribution in [0.25, 0.3) is 0 Å². The van der Waals surface area contributed by atoms with Gasteiger partial charge < -0.3 is 0 Å². The van der Waals surface area contributed by atoms with Gasteiger partial charge in [0.1, 0.15) is 5.54 Å². The maximum absolute atomic E-state index is 9.37. The van der Waals surface area contributed by atoms with Crippen molar-refractivity contribution in [3.8, 4) is 6.07 Å². The number of hydrogen-bond donors (Lipinski definition) is 1. The highest BCUT2D eigenvalue weighted by Gasteiger charge is 2.30. The number of nitrogens with zero attached hydrogens (tertiary/aromatic N) is 1. The Hall–Kier alpha value is -0.750. The van der Waals surface area contributed by atoms with Gasteiger partial charge in [-0.2, -0.15) is 5.26 Å². The second kappa shape index (κ2) is 6.61. The molecule has 4 heteroatoms. The van der Waals surface area contributed by atoms with Crippen molar-refractivity contribution < 1.29 is 0 Å². The lowest BCUT2D eigenvalue weighted by Crippen LogP contribution is -2.46. The minimum absolute atomic E-state index is 0.322. The van der Waals surface area contributed by atoms with E-state index in [1.165, 1.54) is 6.42 Å². The summed E-state index contributed by atoms with van der Waals surface area (Å²) in [7, 11) is 0. The van der Waals surface area contributed by atoms with Crippen LogP contribution < -0.4 is 5.32 Å². The molecule has 0 aromatic heterocycles. The van der Waals surface area contributed by atoms with Gasteiger partial charge in [-0.3, -0.25) is 5.32 Å². The Labute approximate surface area is 124 Å². The number of halogens is 2. The van der Waals surface area contributed by atoms with Gasteiger partial charge in [0.2, 0.25) is 0 Å². The molecule has 2 rings (SSSR count). The van der Waals surface area contributed by atoms with Gasteiger partial charge in [-0.25, -0.2) is 0 Å². The molecule has 1 fully saturated rings. The van der Waals surface area contributed by atoms with E-state index < -0.39 is 0 Å². The summed E-state index contributed by atoms with van der Waals surface area (Å²) >= 11 is 12.0. The molecule has 102 valence electrons. The third-order valence-electron chi connectivity index (χ3n) is 3.79. The SMILES string of the molecule is N#CC1(NCCc2ccc(Cl)cc2Cl)CCCCC1. The highest BCUT2D eigenvalue weighted by Crippen LogP contribution is 2.27. The van der Waals surface area contributed by atoms with Crippen molar-refractivity contribution in [2.45, 2.75) is 44.1 Å². The zero-order chi connectivity index (χ0) is 13.7. The summed E-state index contributed by atoms with van der Waals surface area (Å²) in [5, 5.41) is 14.1. The van der Waals surface area contributed by atoms with E-state index in [-0.39, 0.29) is 5.54 Å². The van der Waals surface area contributed by atoms with E-state index in [0.717, 1.165) is 44.2 Å². The van der Waals surface area contributed by atoms with Crippen LogP contribution in [0.3, 0.4) is 0 Å². The van der Waals surface area contributed by atoms with E-state index in [2.05, 4.69) is 11.4 Å². The Kier molecular flexibility index (Phi) is 5.10. The Balaban J connectivity index is 1.90. The minimum atomic E-state index is -0.322. The molecular weight excluding hydrogens is 279 g/mol. The molecular formula is C15H18Cl2N2. The first kappa shape index (κ1) is 14.7. The number of nitrogens with one attached hydrogen (secondary N) is 1. The van der Waals surface area contributed by atoms with Crippen LogP contribution in [-0.2, 0) is 6.42 Å². The van der Waals surface area contributed by atoms with Gasteiger partial charge in [0, 0.05) is 16.6 Å². The van der Waals surface area contributed by atoms with Gasteiger partial charge in [-0.15, -0.1) is 0 Å². The smallest absolute Gasteiger partial charge is 0.106 e. The zero-order valence-corrected chi connectivity index (χ0v) is 12.4. The summed E-state index contributed by atoms with van der Waals surface area (Å²) in [6, 6.07) is 8.03. The summed E-state index contributed by atoms with van der Waals surface area (Å²) in [5.74, 6) is 0. The van der Waals surface area contributed by atoms with Gasteiger partial charge in [0.15, 0.2) is 0 Å². The Bertz CT molecular complexity index is 474. The van der Waals surface area contributed by atoms with Gasteiger partial charge in [-0.1, -0.05) is 48.5 Å². The second-order valence-corrected chi connectivity index (χ2v) is 6.01. The molecule has 1 aromatic rings. The first-order valence-corrected chi connectivity index (χ1v) is 7.51. The molecule has 1 aliphatic rings. The summed E-state index contributed by atoms with van der Waals surface area (Å²) < 4.78 is 0. The second-order valence-electron chi connectivity index (χ2n) is 5.17. The molecule has 0 atom stereocenters. The van der Waals surface area contributed by atoms with Crippen molar-refractivity contribution in [2.24, 2.45) is 0 Å². The largest absolute Gasteiger partial charge is 0.299 e. The summed E-state index contributed by atoms with van der Waals surface area (Å²) in [5.41, 5.74) is 0.749. The maximum atomic E-state index is 9.37. The van der Waals surface area contributed by atoms with E-state index in [0.29, 0.717) is 10.0 Å². The number of benzene rings is 1. The molecule has 0 amide bonds. The molecule has 0 spiro atoms. The van der Waals surface area contributed by atoms with E-state index in [1.54, 1.807) is 6.07 Å². The van der Waals surface area contributed by atoms with Crippen LogP contribution in [0.4, 0.5) is 0 Å². The molecule has 0 unspecified atom stereocenters. The normalized spacial score (nSPS) is 17.9. The van der Waals surface area contributed by atoms with Crippen molar-refractivity contribution in [3.05, 3.63) is 33.8 Å². The van der Waals surface area contributed by atoms with Crippen LogP contribution in [0.15, 0.2) is 18.2 Å². The molecule has 1 saturated carbocycles. The fraction of sp³-hybridized carbons (Fsp3) is 0.533. The first-order chi connectivity index (χ1) is 9.15. The summed E-state index contributed by atoms with van der Waals surface area (Å²) in [6.45, 7) is 0.773. The van der Waals surface area contributed by atoms with Crippen LogP contribution in [0.1, 0.15) is 37.7 Å². The average molecular weight is 297 g/mol. The quantitative estimate of drug-likeness (QED) is 0.896. The van der Waals surface area contributed by atoms with Crippen LogP contribution in [0.5, 0.6) is 0 Å². The van der Waals surface area contributed by atoms with Gasteiger partial charge in [0.05, 0.1) is 6.07 Å². The number of rotatable bonds is 4. The van der Waals surface area contributed by atoms with Crippen molar-refractivity contribution in [2.75, 3.05) is 6.54 Å². The molecule has 0 heterocycles. The Morgan fingerprint density at radius 2 is 1.95 bits per heavy atom. The molecule has 1 N–H and O–H groups in total. The highest BCUT2D eigenvalue weighted by molar-refractivity contribution is 6.35. The molecule has 1 aromatic carbocycles. The summed E-state index contributed by atoms with van der Waals surface area (Å²) in [4.78, 5) is 0. The van der Waals surface area contributed by atoms with Crippen LogP contribution in [-0.4, -0.2) is 12.1 Å². The number of nitriles is 1. The maximum Gasteiger partial charge on any atom is 0.106 e. The molecule has 19 heavy (non-hydrogen) atoms. The fourth-order valence-corrected chi connectivity index (χ4v) is 3.15. The van der Waals surface area contributed by atoms with Crippen molar-refractivity contribution in [1.82, 2.24) is 5.32 Å². The topological polar surface area (TPSA) is 35.8 Å². The predicted molar refractivity (Wildman–Crippen MR) is 79.6 cm³/mol. The number of hydrogen-bond acceptors (Lipinski definition) is 2. The Morgan fingerprint density at radius 1 is 1.21 bits per heavy atom. The minimum Gasteiger partial charge on any atom is -0.299 e. The van der Waals surface area contributed by atoms with E-state index >= 15 is 0 Å². The lowest BCUT2D eigenvalue weighted by molar-refractivity contribution is 0.299. The lowest BCUT2D eigenvalue weighted by Gasteiger charge is -2.31. The van der Waals surface area contributed by atoms with Crippen molar-refractivity contribution in [3.63, 3.8) is 0 Å². The van der Waals surface area contributed by atoms with Crippen molar-refractivity contribution >= 4 is 23.2 Å². The molecule has 0 aliphatic heterocycles. The van der Waals surface area contributed by atoms with Gasteiger partial charge in [-0.05, 0) is 37.0 Å². The van der Waals surface area contributed by atoms with E-state index in [1.807, 2.05) is 12.1 Å². The summed E-state index contributed by atoms with van der Waals surface area (Å²) in [6.07, 6.45) is 6.26. The van der Waals surface area contributed by atoms with Crippen LogP contribution in [0, 0.1) is 11.3 Å². The van der Waals surface area contributed by atoms with Crippen LogP contribution in [0.2, 0.25) is 10.0 Å². The fourth-order valence-electron chi connectivity index (χ4n) is 2.64. The third-order valence-corrected chi connectivity index (χ3v) is 4.38. The predicted octanol–water partition coefficient (Wildman–Crippen LogP) is 4.35. The van der Waals surface area contributed by atoms with Crippen molar-refractivity contribution in [1.29, 1.82) is 5.26 Å². The van der Waals surface area contributed by atoms with Gasteiger partial charge >= 0.3 is 0 Å². The molecule has 0 bridgehead atoms. The third kappa shape index (κ3) is 3.86. The van der Waals surface area contributed by atoms with E-state index in [4.69, 9.17) is 23.2 Å². The van der Waals surface area contributed by atoms with Gasteiger partial charge in [0.25, 0.3) is 0 Å². The molecule has 1 aliphatic carbocycles. The monoisotopic (exact) mass is 296 g/mol. The molecule has 0 radical (unpaired) electrons. The molecule has 0 saturated heterocycles. The van der Waals surface area contributed by atoms with E-state index in [9.17, 15) is 5.26 Å². The first-order valence-electron chi connectivity index (χ1n) is 6.75. The highest BCUT2D eigenvalue weighted by atomic mass is 35.5. The lowest BCUT2D eigenvalue weighted by atomic mass is 9.83. The zero-order valence-electron chi connectivity index (χ0n) is 10.9. The molecule has 2 nitrogen and oxygen atoms in total. The standard InChI is InChI=1S/C15H18Cl2N2/c16-13-5-4-12(14(17)10-13)6-9-19-15(11-18)7-2-1-3-8-15/h4-5,10,19H,1-3,6-9H2. The average Bonchev–Trinajstić information content (AvgIpc) is 2.42. The Morgan fingerprint density at radius 3 is 2.58 bits per heavy atom.